The van der Waals surface area contributed by atoms with Gasteiger partial charge in [-0.2, -0.15) is 4.31 Å². The molecule has 166 valence electrons. The molecule has 7 nitrogen and oxygen atoms in total. The van der Waals surface area contributed by atoms with Crippen LogP contribution in [0.5, 0.6) is 5.75 Å². The number of hydrogen-bond donors (Lipinski definition) is 0. The van der Waals surface area contributed by atoms with E-state index in [1.54, 1.807) is 23.9 Å². The summed E-state index contributed by atoms with van der Waals surface area (Å²) in [6.45, 7) is 5.12. The molecule has 0 spiro atoms. The molecule has 0 atom stereocenters. The highest BCUT2D eigenvalue weighted by atomic mass is 32.2. The number of fused-ring (bicyclic) bond motifs is 1. The number of aromatic nitrogens is 2. The lowest BCUT2D eigenvalue weighted by Gasteiger charge is -2.26. The Bertz CT molecular complexity index is 1110. The number of rotatable bonds is 9. The predicted octanol–water partition coefficient (Wildman–Crippen LogP) is 3.64. The summed E-state index contributed by atoms with van der Waals surface area (Å²) >= 11 is 1.67. The largest absolute Gasteiger partial charge is 0.494 e. The molecule has 0 bridgehead atoms. The van der Waals surface area contributed by atoms with Crippen LogP contribution < -0.4 is 4.74 Å². The smallest absolute Gasteiger partial charge is 0.243 e. The lowest BCUT2D eigenvalue weighted by Crippen LogP contribution is -2.40. The molecule has 0 unspecified atom stereocenters. The lowest BCUT2D eigenvalue weighted by molar-refractivity contribution is 0.0730. The van der Waals surface area contributed by atoms with E-state index < -0.39 is 10.0 Å². The second-order valence-corrected chi connectivity index (χ2v) is 10.2. The molecule has 0 saturated carbocycles. The number of aryl methyl sites for hydroxylation is 1. The van der Waals surface area contributed by atoms with Crippen molar-refractivity contribution in [2.75, 3.05) is 38.7 Å². The molecule has 31 heavy (non-hydrogen) atoms. The Labute approximate surface area is 187 Å². The van der Waals surface area contributed by atoms with Crippen LogP contribution in [0.4, 0.5) is 0 Å². The van der Waals surface area contributed by atoms with Crippen LogP contribution in [0, 0.1) is 0 Å². The van der Waals surface area contributed by atoms with Gasteiger partial charge in [0.1, 0.15) is 5.75 Å². The van der Waals surface area contributed by atoms with Crippen molar-refractivity contribution in [1.82, 2.24) is 13.9 Å². The minimum Gasteiger partial charge on any atom is -0.494 e. The molecule has 1 aliphatic rings. The fraction of sp³-hybridized carbons (Fsp3) is 0.409. The van der Waals surface area contributed by atoms with Gasteiger partial charge in [0, 0.05) is 25.4 Å². The standard InChI is InChI=1S/C22H27N3O4S2/c1-2-25-21-10-9-19(31(26,27)24-11-14-28-15-12-24)17-20(21)23-22(25)30-16-6-13-29-18-7-4-3-5-8-18/h3-5,7-10,17H,2,6,11-16H2,1H3. The number of imidazole rings is 1. The number of benzene rings is 2. The topological polar surface area (TPSA) is 73.7 Å². The summed E-state index contributed by atoms with van der Waals surface area (Å²) in [5, 5.41) is 0.901. The Morgan fingerprint density at radius 1 is 1.13 bits per heavy atom. The van der Waals surface area contributed by atoms with Gasteiger partial charge >= 0.3 is 0 Å². The first kappa shape index (κ1) is 22.1. The highest BCUT2D eigenvalue weighted by Gasteiger charge is 2.27. The molecular weight excluding hydrogens is 434 g/mol. The number of sulfonamides is 1. The summed E-state index contributed by atoms with van der Waals surface area (Å²) in [7, 11) is -3.53. The maximum atomic E-state index is 13.0. The zero-order chi connectivity index (χ0) is 21.7. The average Bonchev–Trinajstić information content (AvgIpc) is 3.16. The predicted molar refractivity (Wildman–Crippen MR) is 122 cm³/mol. The molecule has 2 aromatic carbocycles. The van der Waals surface area contributed by atoms with Crippen molar-refractivity contribution in [3.63, 3.8) is 0 Å². The quantitative estimate of drug-likeness (QED) is 0.358. The molecular formula is C22H27N3O4S2. The zero-order valence-corrected chi connectivity index (χ0v) is 19.2. The van der Waals surface area contributed by atoms with Gasteiger partial charge in [0.25, 0.3) is 0 Å². The second-order valence-electron chi connectivity index (χ2n) is 7.17. The van der Waals surface area contributed by atoms with Gasteiger partial charge < -0.3 is 14.0 Å². The summed E-state index contributed by atoms with van der Waals surface area (Å²) in [6.07, 6.45) is 0.892. The molecule has 0 N–H and O–H groups in total. The molecule has 3 aromatic rings. The van der Waals surface area contributed by atoms with E-state index in [-0.39, 0.29) is 4.90 Å². The van der Waals surface area contributed by atoms with Crippen molar-refractivity contribution < 1.29 is 17.9 Å². The fourth-order valence-corrected chi connectivity index (χ4v) is 5.95. The first-order valence-corrected chi connectivity index (χ1v) is 12.9. The molecule has 4 rings (SSSR count). The van der Waals surface area contributed by atoms with Crippen molar-refractivity contribution in [3.05, 3.63) is 48.5 Å². The monoisotopic (exact) mass is 461 g/mol. The van der Waals surface area contributed by atoms with E-state index in [2.05, 4.69) is 11.5 Å². The van der Waals surface area contributed by atoms with Crippen molar-refractivity contribution in [1.29, 1.82) is 0 Å². The Balaban J connectivity index is 1.44. The van der Waals surface area contributed by atoms with Gasteiger partial charge in [0.2, 0.25) is 10.0 Å². The molecule has 0 aliphatic carbocycles. The van der Waals surface area contributed by atoms with Crippen LogP contribution >= 0.6 is 11.8 Å². The first-order chi connectivity index (χ1) is 15.1. The molecule has 1 saturated heterocycles. The van der Waals surface area contributed by atoms with Gasteiger partial charge in [0.15, 0.2) is 5.16 Å². The fourth-order valence-electron chi connectivity index (χ4n) is 3.53. The molecule has 1 aromatic heterocycles. The van der Waals surface area contributed by atoms with Crippen LogP contribution in [0.3, 0.4) is 0 Å². The first-order valence-electron chi connectivity index (χ1n) is 10.5. The Morgan fingerprint density at radius 3 is 2.65 bits per heavy atom. The van der Waals surface area contributed by atoms with Gasteiger partial charge in [-0.25, -0.2) is 13.4 Å². The van der Waals surface area contributed by atoms with Gasteiger partial charge in [0.05, 0.1) is 35.7 Å². The summed E-state index contributed by atoms with van der Waals surface area (Å²) in [5.74, 6) is 1.75. The van der Waals surface area contributed by atoms with Crippen LogP contribution in [-0.4, -0.2) is 60.9 Å². The van der Waals surface area contributed by atoms with E-state index in [9.17, 15) is 8.42 Å². The van der Waals surface area contributed by atoms with Crippen LogP contribution in [0.2, 0.25) is 0 Å². The van der Waals surface area contributed by atoms with E-state index in [1.165, 1.54) is 4.31 Å². The van der Waals surface area contributed by atoms with Crippen LogP contribution in [0.1, 0.15) is 13.3 Å². The van der Waals surface area contributed by atoms with Crippen molar-refractivity contribution in [3.8, 4) is 5.75 Å². The van der Waals surface area contributed by atoms with Gasteiger partial charge in [-0.05, 0) is 43.7 Å². The number of ether oxygens (including phenoxy) is 2. The highest BCUT2D eigenvalue weighted by molar-refractivity contribution is 7.99. The Kier molecular flexibility index (Phi) is 7.16. The van der Waals surface area contributed by atoms with Gasteiger partial charge in [-0.3, -0.25) is 0 Å². The molecule has 9 heteroatoms. The zero-order valence-electron chi connectivity index (χ0n) is 17.6. The Morgan fingerprint density at radius 2 is 1.90 bits per heavy atom. The molecule has 1 aliphatic heterocycles. The van der Waals surface area contributed by atoms with Crippen molar-refractivity contribution >= 4 is 32.8 Å². The maximum Gasteiger partial charge on any atom is 0.243 e. The van der Waals surface area contributed by atoms with E-state index in [4.69, 9.17) is 14.5 Å². The number of hydrogen-bond acceptors (Lipinski definition) is 6. The molecule has 0 radical (unpaired) electrons. The van der Waals surface area contributed by atoms with Crippen LogP contribution in [0.15, 0.2) is 58.6 Å². The van der Waals surface area contributed by atoms with Crippen molar-refractivity contribution in [2.24, 2.45) is 0 Å². The summed E-state index contributed by atoms with van der Waals surface area (Å²) < 4.78 is 40.6. The highest BCUT2D eigenvalue weighted by Crippen LogP contribution is 2.28. The molecule has 0 amide bonds. The number of thioether (sulfide) groups is 1. The number of nitrogens with zero attached hydrogens (tertiary/aromatic N) is 3. The maximum absolute atomic E-state index is 13.0. The minimum atomic E-state index is -3.53. The van der Waals surface area contributed by atoms with Crippen LogP contribution in [0.25, 0.3) is 11.0 Å². The van der Waals surface area contributed by atoms with Gasteiger partial charge in [-0.1, -0.05) is 30.0 Å². The average molecular weight is 462 g/mol. The second kappa shape index (κ2) is 10.0. The molecule has 1 fully saturated rings. The lowest BCUT2D eigenvalue weighted by atomic mass is 10.3. The third kappa shape index (κ3) is 5.06. The number of para-hydroxylation sites is 1. The van der Waals surface area contributed by atoms with Crippen LogP contribution in [-0.2, 0) is 21.3 Å². The SMILES string of the molecule is CCn1c(SCCCOc2ccccc2)nc2cc(S(=O)(=O)N3CCOCC3)ccc21. The van der Waals surface area contributed by atoms with E-state index in [1.807, 2.05) is 36.4 Å². The van der Waals surface area contributed by atoms with Gasteiger partial charge in [-0.15, -0.1) is 0 Å². The van der Waals surface area contributed by atoms with E-state index in [0.29, 0.717) is 38.4 Å². The summed E-state index contributed by atoms with van der Waals surface area (Å²) in [4.78, 5) is 5.02. The van der Waals surface area contributed by atoms with Crippen molar-refractivity contribution in [2.45, 2.75) is 29.9 Å². The third-order valence-corrected chi connectivity index (χ3v) is 8.10. The number of morpholine rings is 1. The molecule has 2 heterocycles. The third-order valence-electron chi connectivity index (χ3n) is 5.14. The summed E-state index contributed by atoms with van der Waals surface area (Å²) in [5.41, 5.74) is 1.66. The summed E-state index contributed by atoms with van der Waals surface area (Å²) in [6, 6.07) is 15.0. The normalized spacial score (nSPS) is 15.4. The van der Waals surface area contributed by atoms with E-state index in [0.717, 1.165) is 35.1 Å². The minimum absolute atomic E-state index is 0.287. The Hall–Kier alpha value is -2.07. The van der Waals surface area contributed by atoms with E-state index >= 15 is 0 Å².